The third-order valence-corrected chi connectivity index (χ3v) is 4.45. The Morgan fingerprint density at radius 1 is 1.25 bits per heavy atom. The highest BCUT2D eigenvalue weighted by Gasteiger charge is 2.25. The Morgan fingerprint density at radius 2 is 1.95 bits per heavy atom. The van der Waals surface area contributed by atoms with Gasteiger partial charge in [0.2, 0.25) is 0 Å². The number of aryl methyl sites for hydroxylation is 2. The summed E-state index contributed by atoms with van der Waals surface area (Å²) >= 11 is 3.46. The Bertz CT molecular complexity index is 640. The predicted octanol–water partition coefficient (Wildman–Crippen LogP) is 3.87. The van der Waals surface area contributed by atoms with Gasteiger partial charge < -0.3 is 5.11 Å². The normalized spacial score (nSPS) is 12.2. The minimum Gasteiger partial charge on any atom is -0.481 e. The Hall–Kier alpha value is -1.68. The van der Waals surface area contributed by atoms with Crippen LogP contribution < -0.4 is 0 Å². The van der Waals surface area contributed by atoms with Gasteiger partial charge in [0.25, 0.3) is 0 Å². The highest BCUT2D eigenvalue weighted by atomic mass is 79.9. The quantitative estimate of drug-likeness (QED) is 0.923. The smallest absolute Gasteiger partial charge is 0.312 e. The van der Waals surface area contributed by atoms with Crippen LogP contribution in [0, 0.1) is 13.8 Å². The molecule has 1 unspecified atom stereocenters. The largest absolute Gasteiger partial charge is 0.481 e. The lowest BCUT2D eigenvalue weighted by Crippen LogP contribution is -2.17. The topological polar surface area (TPSA) is 50.2 Å². The standard InChI is InChI=1S/C16H16BrNO2/c1-10-5-3-4-6-12(10)9-13(16(19)20)15-14(17)11(2)7-8-18-15/h3-8,13H,9H2,1-2H3,(H,19,20). The Morgan fingerprint density at radius 3 is 2.60 bits per heavy atom. The molecule has 3 nitrogen and oxygen atoms in total. The number of carbonyl (C=O) groups is 1. The van der Waals surface area contributed by atoms with Crippen molar-refractivity contribution in [3.63, 3.8) is 0 Å². The predicted molar refractivity (Wildman–Crippen MR) is 81.9 cm³/mol. The molecule has 0 bridgehead atoms. The summed E-state index contributed by atoms with van der Waals surface area (Å²) in [4.78, 5) is 15.9. The van der Waals surface area contributed by atoms with E-state index in [1.807, 2.05) is 44.2 Å². The maximum atomic E-state index is 11.6. The molecule has 20 heavy (non-hydrogen) atoms. The van der Waals surface area contributed by atoms with E-state index in [4.69, 9.17) is 0 Å². The number of benzene rings is 1. The molecule has 0 saturated heterocycles. The van der Waals surface area contributed by atoms with Crippen molar-refractivity contribution < 1.29 is 9.90 Å². The van der Waals surface area contributed by atoms with E-state index in [2.05, 4.69) is 20.9 Å². The van der Waals surface area contributed by atoms with Crippen molar-refractivity contribution in [1.29, 1.82) is 0 Å². The number of aromatic nitrogens is 1. The van der Waals surface area contributed by atoms with Crippen LogP contribution in [0.5, 0.6) is 0 Å². The van der Waals surface area contributed by atoms with Gasteiger partial charge in [0.1, 0.15) is 5.92 Å². The van der Waals surface area contributed by atoms with Crippen molar-refractivity contribution in [3.8, 4) is 0 Å². The molecule has 1 atom stereocenters. The van der Waals surface area contributed by atoms with Crippen LogP contribution >= 0.6 is 15.9 Å². The molecule has 0 fully saturated rings. The first-order valence-corrected chi connectivity index (χ1v) is 7.18. The molecule has 2 rings (SSSR count). The molecule has 0 aliphatic rings. The fourth-order valence-corrected chi connectivity index (χ4v) is 2.68. The Labute approximate surface area is 126 Å². The molecule has 4 heteroatoms. The highest BCUT2D eigenvalue weighted by Crippen LogP contribution is 2.29. The van der Waals surface area contributed by atoms with Crippen LogP contribution in [0.25, 0.3) is 0 Å². The van der Waals surface area contributed by atoms with Gasteiger partial charge in [0, 0.05) is 10.7 Å². The third kappa shape index (κ3) is 3.07. The fourth-order valence-electron chi connectivity index (χ4n) is 2.16. The maximum absolute atomic E-state index is 11.6. The zero-order valence-corrected chi connectivity index (χ0v) is 13.0. The molecule has 0 aliphatic carbocycles. The second-order valence-electron chi connectivity index (χ2n) is 4.85. The number of rotatable bonds is 4. The summed E-state index contributed by atoms with van der Waals surface area (Å²) in [6.45, 7) is 3.93. The first kappa shape index (κ1) is 14.7. The van der Waals surface area contributed by atoms with Gasteiger partial charge in [0.15, 0.2) is 0 Å². The van der Waals surface area contributed by atoms with E-state index in [0.29, 0.717) is 12.1 Å². The lowest BCUT2D eigenvalue weighted by atomic mass is 9.93. The van der Waals surface area contributed by atoms with Gasteiger partial charge >= 0.3 is 5.97 Å². The van der Waals surface area contributed by atoms with Crippen LogP contribution in [-0.2, 0) is 11.2 Å². The number of carboxylic acids is 1. The van der Waals surface area contributed by atoms with Crippen molar-refractivity contribution in [2.24, 2.45) is 0 Å². The molecule has 1 N–H and O–H groups in total. The van der Waals surface area contributed by atoms with Crippen LogP contribution in [0.2, 0.25) is 0 Å². The summed E-state index contributed by atoms with van der Waals surface area (Å²) in [6.07, 6.45) is 2.10. The van der Waals surface area contributed by atoms with Gasteiger partial charge in [-0.25, -0.2) is 0 Å². The first-order chi connectivity index (χ1) is 9.50. The molecule has 1 heterocycles. The summed E-state index contributed by atoms with van der Waals surface area (Å²) < 4.78 is 0.779. The maximum Gasteiger partial charge on any atom is 0.312 e. The number of nitrogens with zero attached hydrogens (tertiary/aromatic N) is 1. The third-order valence-electron chi connectivity index (χ3n) is 3.42. The van der Waals surface area contributed by atoms with Gasteiger partial charge in [-0.15, -0.1) is 0 Å². The molecular formula is C16H16BrNO2. The van der Waals surface area contributed by atoms with E-state index in [0.717, 1.165) is 21.2 Å². The number of carboxylic acid groups (broad SMARTS) is 1. The van der Waals surface area contributed by atoms with E-state index < -0.39 is 11.9 Å². The number of pyridine rings is 1. The average Bonchev–Trinajstić information content (AvgIpc) is 2.41. The molecule has 0 radical (unpaired) electrons. The molecule has 0 amide bonds. The van der Waals surface area contributed by atoms with Crippen LogP contribution in [0.15, 0.2) is 41.0 Å². The molecule has 0 spiro atoms. The van der Waals surface area contributed by atoms with Crippen molar-refractivity contribution in [3.05, 3.63) is 63.4 Å². The van der Waals surface area contributed by atoms with Gasteiger partial charge in [-0.05, 0) is 59.0 Å². The molecule has 104 valence electrons. The Kier molecular flexibility index (Phi) is 4.55. The summed E-state index contributed by atoms with van der Waals surface area (Å²) in [5.74, 6) is -1.50. The summed E-state index contributed by atoms with van der Waals surface area (Å²) in [5.41, 5.74) is 3.71. The van der Waals surface area contributed by atoms with Crippen LogP contribution in [0.4, 0.5) is 0 Å². The van der Waals surface area contributed by atoms with Crippen LogP contribution in [0.3, 0.4) is 0 Å². The van der Waals surface area contributed by atoms with E-state index in [1.54, 1.807) is 6.20 Å². The summed E-state index contributed by atoms with van der Waals surface area (Å²) in [7, 11) is 0. The summed E-state index contributed by atoms with van der Waals surface area (Å²) in [6, 6.07) is 9.71. The van der Waals surface area contributed by atoms with Crippen molar-refractivity contribution >= 4 is 21.9 Å². The second-order valence-corrected chi connectivity index (χ2v) is 5.64. The fraction of sp³-hybridized carbons (Fsp3) is 0.250. The molecule has 1 aromatic heterocycles. The lowest BCUT2D eigenvalue weighted by Gasteiger charge is -2.16. The number of hydrogen-bond acceptors (Lipinski definition) is 2. The van der Waals surface area contributed by atoms with Crippen LogP contribution in [-0.4, -0.2) is 16.1 Å². The zero-order valence-electron chi connectivity index (χ0n) is 11.4. The van der Waals surface area contributed by atoms with Crippen molar-refractivity contribution in [1.82, 2.24) is 4.98 Å². The summed E-state index contributed by atoms with van der Waals surface area (Å²) in [5, 5.41) is 9.53. The van der Waals surface area contributed by atoms with E-state index in [9.17, 15) is 9.90 Å². The number of hydrogen-bond donors (Lipinski definition) is 1. The Balaban J connectivity index is 2.40. The first-order valence-electron chi connectivity index (χ1n) is 6.39. The average molecular weight is 334 g/mol. The van der Waals surface area contributed by atoms with Crippen molar-refractivity contribution in [2.45, 2.75) is 26.2 Å². The number of halogens is 1. The molecular weight excluding hydrogens is 318 g/mol. The minimum absolute atomic E-state index is 0.442. The van der Waals surface area contributed by atoms with Crippen LogP contribution in [0.1, 0.15) is 28.3 Å². The molecule has 2 aromatic rings. The van der Waals surface area contributed by atoms with Gasteiger partial charge in [-0.3, -0.25) is 9.78 Å². The molecule has 0 saturated carbocycles. The van der Waals surface area contributed by atoms with E-state index >= 15 is 0 Å². The molecule has 0 aliphatic heterocycles. The monoisotopic (exact) mass is 333 g/mol. The van der Waals surface area contributed by atoms with Crippen molar-refractivity contribution in [2.75, 3.05) is 0 Å². The van der Waals surface area contributed by atoms with Gasteiger partial charge in [-0.2, -0.15) is 0 Å². The van der Waals surface area contributed by atoms with Gasteiger partial charge in [0.05, 0.1) is 5.69 Å². The number of aliphatic carboxylic acids is 1. The van der Waals surface area contributed by atoms with E-state index in [1.165, 1.54) is 0 Å². The zero-order chi connectivity index (χ0) is 14.7. The SMILES string of the molecule is Cc1ccccc1CC(C(=O)O)c1nccc(C)c1Br. The molecule has 1 aromatic carbocycles. The van der Waals surface area contributed by atoms with Gasteiger partial charge in [-0.1, -0.05) is 24.3 Å². The minimum atomic E-state index is -0.855. The second kappa shape index (κ2) is 6.18. The highest BCUT2D eigenvalue weighted by molar-refractivity contribution is 9.10. The lowest BCUT2D eigenvalue weighted by molar-refractivity contribution is -0.138. The van der Waals surface area contributed by atoms with E-state index in [-0.39, 0.29) is 0 Å².